The van der Waals surface area contributed by atoms with Gasteiger partial charge in [0.15, 0.2) is 0 Å². The Bertz CT molecular complexity index is 434. The van der Waals surface area contributed by atoms with Gasteiger partial charge in [0, 0.05) is 12.3 Å². The van der Waals surface area contributed by atoms with Crippen LogP contribution in [0.5, 0.6) is 0 Å². The van der Waals surface area contributed by atoms with Crippen LogP contribution in [0.1, 0.15) is 29.5 Å². The van der Waals surface area contributed by atoms with E-state index in [-0.39, 0.29) is 12.0 Å². The molecule has 1 saturated heterocycles. The monoisotopic (exact) mass is 233 g/mol. The fourth-order valence-corrected chi connectivity index (χ4v) is 2.09. The van der Waals surface area contributed by atoms with Gasteiger partial charge in [0.1, 0.15) is 6.10 Å². The topological polar surface area (TPSA) is 38.3 Å². The average Bonchev–Trinajstić information content (AvgIpc) is 2.79. The average molecular weight is 233 g/mol. The number of rotatable bonds is 2. The van der Waals surface area contributed by atoms with Gasteiger partial charge in [0.25, 0.3) is 5.91 Å². The quantitative estimate of drug-likeness (QED) is 0.853. The van der Waals surface area contributed by atoms with Crippen molar-refractivity contribution < 1.29 is 9.53 Å². The molecule has 3 heteroatoms. The summed E-state index contributed by atoms with van der Waals surface area (Å²) in [6, 6.07) is 4.12. The summed E-state index contributed by atoms with van der Waals surface area (Å²) >= 11 is 0. The van der Waals surface area contributed by atoms with Crippen LogP contribution < -0.4 is 5.32 Å². The first-order valence-corrected chi connectivity index (χ1v) is 6.08. The molecular weight excluding hydrogens is 214 g/mol. The molecule has 1 atom stereocenters. The predicted octanol–water partition coefficient (Wildman–Crippen LogP) is 2.73. The van der Waals surface area contributed by atoms with Crippen LogP contribution in [0.4, 0.5) is 5.69 Å². The third-order valence-corrected chi connectivity index (χ3v) is 3.32. The van der Waals surface area contributed by atoms with Gasteiger partial charge in [-0.1, -0.05) is 6.07 Å². The maximum absolute atomic E-state index is 11.9. The van der Waals surface area contributed by atoms with E-state index in [9.17, 15) is 4.79 Å². The number of ether oxygens (including phenoxy) is 1. The molecule has 0 saturated carbocycles. The molecule has 1 aromatic rings. The number of hydrogen-bond donors (Lipinski definition) is 1. The Balaban J connectivity index is 2.12. The fourth-order valence-electron chi connectivity index (χ4n) is 2.09. The van der Waals surface area contributed by atoms with Gasteiger partial charge >= 0.3 is 0 Å². The third kappa shape index (κ3) is 2.67. The molecule has 1 amide bonds. The van der Waals surface area contributed by atoms with Crippen molar-refractivity contribution in [1.29, 1.82) is 0 Å². The van der Waals surface area contributed by atoms with Crippen molar-refractivity contribution in [3.63, 3.8) is 0 Å². The molecular formula is C14H19NO2. The molecule has 0 bridgehead atoms. The Labute approximate surface area is 102 Å². The Morgan fingerprint density at radius 1 is 1.24 bits per heavy atom. The predicted molar refractivity (Wildman–Crippen MR) is 68.3 cm³/mol. The van der Waals surface area contributed by atoms with Crippen molar-refractivity contribution in [2.24, 2.45) is 0 Å². The van der Waals surface area contributed by atoms with Crippen LogP contribution in [-0.2, 0) is 9.53 Å². The molecule has 92 valence electrons. The van der Waals surface area contributed by atoms with Gasteiger partial charge in [0.2, 0.25) is 0 Å². The number of aryl methyl sites for hydroxylation is 3. The highest BCUT2D eigenvalue weighted by molar-refractivity contribution is 5.95. The minimum Gasteiger partial charge on any atom is -0.368 e. The lowest BCUT2D eigenvalue weighted by Gasteiger charge is -2.14. The zero-order valence-electron chi connectivity index (χ0n) is 10.7. The number of carbonyl (C=O) groups is 1. The Kier molecular flexibility index (Phi) is 3.48. The SMILES string of the molecule is Cc1cc(C)c(NC(=O)C2CCCO2)cc1C. The summed E-state index contributed by atoms with van der Waals surface area (Å²) in [7, 11) is 0. The summed E-state index contributed by atoms with van der Waals surface area (Å²) in [5, 5.41) is 2.96. The summed E-state index contributed by atoms with van der Waals surface area (Å²) in [6.07, 6.45) is 1.54. The lowest BCUT2D eigenvalue weighted by molar-refractivity contribution is -0.124. The lowest BCUT2D eigenvalue weighted by atomic mass is 10.0. The largest absolute Gasteiger partial charge is 0.368 e. The number of amides is 1. The molecule has 0 aromatic heterocycles. The number of hydrogen-bond acceptors (Lipinski definition) is 2. The smallest absolute Gasteiger partial charge is 0.253 e. The molecule has 1 heterocycles. The molecule has 1 aromatic carbocycles. The highest BCUT2D eigenvalue weighted by atomic mass is 16.5. The van der Waals surface area contributed by atoms with Gasteiger partial charge in [-0.15, -0.1) is 0 Å². The Hall–Kier alpha value is -1.35. The number of anilines is 1. The molecule has 1 aliphatic rings. The molecule has 17 heavy (non-hydrogen) atoms. The van der Waals surface area contributed by atoms with Crippen LogP contribution in [0.15, 0.2) is 12.1 Å². The van der Waals surface area contributed by atoms with Crippen LogP contribution >= 0.6 is 0 Å². The van der Waals surface area contributed by atoms with Gasteiger partial charge in [-0.2, -0.15) is 0 Å². The van der Waals surface area contributed by atoms with E-state index >= 15 is 0 Å². The van der Waals surface area contributed by atoms with Crippen molar-refractivity contribution in [1.82, 2.24) is 0 Å². The second-order valence-electron chi connectivity index (χ2n) is 4.74. The van der Waals surface area contributed by atoms with Gasteiger partial charge in [-0.3, -0.25) is 4.79 Å². The van der Waals surface area contributed by atoms with Gasteiger partial charge < -0.3 is 10.1 Å². The summed E-state index contributed by atoms with van der Waals surface area (Å²) in [5.41, 5.74) is 4.43. The van der Waals surface area contributed by atoms with Gasteiger partial charge in [0.05, 0.1) is 0 Å². The van der Waals surface area contributed by atoms with E-state index < -0.39 is 0 Å². The molecule has 2 rings (SSSR count). The summed E-state index contributed by atoms with van der Waals surface area (Å²) in [5.74, 6) is -0.0196. The Morgan fingerprint density at radius 2 is 1.94 bits per heavy atom. The second kappa shape index (κ2) is 4.88. The van der Waals surface area contributed by atoms with Gasteiger partial charge in [-0.05, 0) is 56.4 Å². The lowest BCUT2D eigenvalue weighted by Crippen LogP contribution is -2.27. The first-order chi connectivity index (χ1) is 8.08. The Morgan fingerprint density at radius 3 is 2.59 bits per heavy atom. The van der Waals surface area contributed by atoms with Crippen molar-refractivity contribution in [3.8, 4) is 0 Å². The molecule has 0 spiro atoms. The van der Waals surface area contributed by atoms with Crippen LogP contribution in [0.25, 0.3) is 0 Å². The molecule has 1 unspecified atom stereocenters. The second-order valence-corrected chi connectivity index (χ2v) is 4.74. The minimum absolute atomic E-state index is 0.0196. The molecule has 1 aliphatic heterocycles. The van der Waals surface area contributed by atoms with Crippen molar-refractivity contribution in [3.05, 3.63) is 28.8 Å². The van der Waals surface area contributed by atoms with Crippen molar-refractivity contribution in [2.75, 3.05) is 11.9 Å². The zero-order chi connectivity index (χ0) is 12.4. The molecule has 1 fully saturated rings. The van der Waals surface area contributed by atoms with Crippen LogP contribution in [-0.4, -0.2) is 18.6 Å². The number of benzene rings is 1. The summed E-state index contributed by atoms with van der Waals surface area (Å²) in [4.78, 5) is 11.9. The van der Waals surface area contributed by atoms with Crippen LogP contribution in [0.3, 0.4) is 0 Å². The normalized spacial score (nSPS) is 19.4. The van der Waals surface area contributed by atoms with E-state index in [1.807, 2.05) is 13.0 Å². The maximum Gasteiger partial charge on any atom is 0.253 e. The van der Waals surface area contributed by atoms with Crippen molar-refractivity contribution in [2.45, 2.75) is 39.7 Å². The molecule has 0 radical (unpaired) electrons. The number of carbonyl (C=O) groups excluding carboxylic acids is 1. The molecule has 0 aliphatic carbocycles. The van der Waals surface area contributed by atoms with E-state index in [0.29, 0.717) is 6.61 Å². The van der Waals surface area contributed by atoms with E-state index in [4.69, 9.17) is 4.74 Å². The first-order valence-electron chi connectivity index (χ1n) is 6.08. The van der Waals surface area contributed by atoms with E-state index in [2.05, 4.69) is 25.2 Å². The fraction of sp³-hybridized carbons (Fsp3) is 0.500. The molecule has 1 N–H and O–H groups in total. The maximum atomic E-state index is 11.9. The summed E-state index contributed by atoms with van der Waals surface area (Å²) in [6.45, 7) is 6.84. The highest BCUT2D eigenvalue weighted by Gasteiger charge is 2.23. The summed E-state index contributed by atoms with van der Waals surface area (Å²) < 4.78 is 5.37. The highest BCUT2D eigenvalue weighted by Crippen LogP contribution is 2.21. The van der Waals surface area contributed by atoms with Crippen molar-refractivity contribution >= 4 is 11.6 Å². The third-order valence-electron chi connectivity index (χ3n) is 3.32. The van der Waals surface area contributed by atoms with Gasteiger partial charge in [-0.25, -0.2) is 0 Å². The number of nitrogens with one attached hydrogen (secondary N) is 1. The van der Waals surface area contributed by atoms with E-state index in [1.165, 1.54) is 11.1 Å². The zero-order valence-corrected chi connectivity index (χ0v) is 10.7. The van der Waals surface area contributed by atoms with Crippen LogP contribution in [0.2, 0.25) is 0 Å². The van der Waals surface area contributed by atoms with Crippen LogP contribution in [0, 0.1) is 20.8 Å². The minimum atomic E-state index is -0.268. The first kappa shape index (κ1) is 12.1. The molecule has 3 nitrogen and oxygen atoms in total. The van der Waals surface area contributed by atoms with E-state index in [1.54, 1.807) is 0 Å². The standard InChI is InChI=1S/C14H19NO2/c1-9-7-11(3)12(8-10(9)2)15-14(16)13-5-4-6-17-13/h7-8,13H,4-6H2,1-3H3,(H,15,16). The van der Waals surface area contributed by atoms with E-state index in [0.717, 1.165) is 24.1 Å².